The van der Waals surface area contributed by atoms with Gasteiger partial charge in [0.05, 0.1) is 12.7 Å². The van der Waals surface area contributed by atoms with Gasteiger partial charge in [0.25, 0.3) is 0 Å². The molecule has 0 radical (unpaired) electrons. The second kappa shape index (κ2) is 7.02. The molecule has 1 heterocycles. The van der Waals surface area contributed by atoms with Gasteiger partial charge in [-0.25, -0.2) is 0 Å². The van der Waals surface area contributed by atoms with Gasteiger partial charge in [0, 0.05) is 31.7 Å². The Bertz CT molecular complexity index is 267. The first kappa shape index (κ1) is 15.2. The number of hydrogen-bond acceptors (Lipinski definition) is 4. The minimum atomic E-state index is -0.178. The molecule has 3 unspecified atom stereocenters. The van der Waals surface area contributed by atoms with Gasteiger partial charge in [-0.05, 0) is 37.5 Å². The van der Waals surface area contributed by atoms with Gasteiger partial charge in [-0.2, -0.15) is 0 Å². The molecule has 19 heavy (non-hydrogen) atoms. The van der Waals surface area contributed by atoms with Crippen molar-refractivity contribution in [3.8, 4) is 0 Å². The van der Waals surface area contributed by atoms with Crippen LogP contribution in [-0.4, -0.2) is 59.5 Å². The number of aliphatic hydroxyl groups is 2. The van der Waals surface area contributed by atoms with Crippen molar-refractivity contribution in [1.82, 2.24) is 10.2 Å². The first-order chi connectivity index (χ1) is 9.10. The summed E-state index contributed by atoms with van der Waals surface area (Å²) in [5.74, 6) is 0.933. The SMILES string of the molecule is CC(C)C(O)CC1CC(NCCO)CN(C2CC2)C1. The highest BCUT2D eigenvalue weighted by Crippen LogP contribution is 2.32. The van der Waals surface area contributed by atoms with Crippen molar-refractivity contribution in [1.29, 1.82) is 0 Å². The van der Waals surface area contributed by atoms with Crippen LogP contribution in [0.2, 0.25) is 0 Å². The summed E-state index contributed by atoms with van der Waals surface area (Å²) in [5, 5.41) is 22.5. The maximum Gasteiger partial charge on any atom is 0.0566 e. The summed E-state index contributed by atoms with van der Waals surface area (Å²) in [6.45, 7) is 7.33. The fourth-order valence-corrected chi connectivity index (χ4v) is 3.18. The van der Waals surface area contributed by atoms with Crippen molar-refractivity contribution >= 4 is 0 Å². The zero-order valence-corrected chi connectivity index (χ0v) is 12.4. The molecular formula is C15H30N2O2. The predicted octanol–water partition coefficient (Wildman–Crippen LogP) is 0.828. The molecule has 4 nitrogen and oxygen atoms in total. The fourth-order valence-electron chi connectivity index (χ4n) is 3.18. The van der Waals surface area contributed by atoms with Crippen molar-refractivity contribution in [2.45, 2.75) is 57.7 Å². The average Bonchev–Trinajstić information content (AvgIpc) is 3.20. The average molecular weight is 270 g/mol. The molecule has 3 atom stereocenters. The molecule has 2 fully saturated rings. The molecule has 4 heteroatoms. The van der Waals surface area contributed by atoms with Crippen LogP contribution in [0.15, 0.2) is 0 Å². The molecule has 112 valence electrons. The van der Waals surface area contributed by atoms with Gasteiger partial charge in [0.15, 0.2) is 0 Å². The van der Waals surface area contributed by atoms with Crippen LogP contribution in [-0.2, 0) is 0 Å². The Labute approximate surface area is 117 Å². The molecule has 1 aliphatic carbocycles. The van der Waals surface area contributed by atoms with Crippen LogP contribution < -0.4 is 5.32 Å². The van der Waals surface area contributed by atoms with Crippen molar-refractivity contribution in [2.24, 2.45) is 11.8 Å². The Kier molecular flexibility index (Phi) is 5.63. The Morgan fingerprint density at radius 3 is 2.58 bits per heavy atom. The Hall–Kier alpha value is -0.160. The summed E-state index contributed by atoms with van der Waals surface area (Å²) in [4.78, 5) is 2.59. The number of piperidine rings is 1. The molecule has 0 bridgehead atoms. The van der Waals surface area contributed by atoms with Crippen LogP contribution >= 0.6 is 0 Å². The Morgan fingerprint density at radius 2 is 2.00 bits per heavy atom. The fraction of sp³-hybridized carbons (Fsp3) is 1.00. The molecule has 1 aliphatic heterocycles. The maximum atomic E-state index is 10.1. The number of nitrogens with zero attached hydrogens (tertiary/aromatic N) is 1. The lowest BCUT2D eigenvalue weighted by Crippen LogP contribution is -2.51. The predicted molar refractivity (Wildman–Crippen MR) is 77.0 cm³/mol. The number of likely N-dealkylation sites (tertiary alicyclic amines) is 1. The highest BCUT2D eigenvalue weighted by molar-refractivity contribution is 4.93. The topological polar surface area (TPSA) is 55.7 Å². The zero-order chi connectivity index (χ0) is 13.8. The molecule has 0 aromatic heterocycles. The lowest BCUT2D eigenvalue weighted by atomic mass is 9.86. The highest BCUT2D eigenvalue weighted by atomic mass is 16.3. The molecule has 0 aromatic carbocycles. The first-order valence-electron chi connectivity index (χ1n) is 7.86. The summed E-state index contributed by atoms with van der Waals surface area (Å²) in [7, 11) is 0. The van der Waals surface area contributed by atoms with Crippen LogP contribution in [0.4, 0.5) is 0 Å². The monoisotopic (exact) mass is 270 g/mol. The van der Waals surface area contributed by atoms with Crippen molar-refractivity contribution < 1.29 is 10.2 Å². The van der Waals surface area contributed by atoms with Crippen LogP contribution in [0.5, 0.6) is 0 Å². The minimum absolute atomic E-state index is 0.178. The first-order valence-corrected chi connectivity index (χ1v) is 7.86. The summed E-state index contributed by atoms with van der Waals surface area (Å²) in [6, 6.07) is 1.27. The van der Waals surface area contributed by atoms with E-state index in [0.29, 0.717) is 24.4 Å². The number of hydrogen-bond donors (Lipinski definition) is 3. The Morgan fingerprint density at radius 1 is 1.26 bits per heavy atom. The Balaban J connectivity index is 1.86. The van der Waals surface area contributed by atoms with Gasteiger partial charge in [-0.3, -0.25) is 4.90 Å². The zero-order valence-electron chi connectivity index (χ0n) is 12.4. The van der Waals surface area contributed by atoms with Crippen molar-refractivity contribution in [2.75, 3.05) is 26.2 Å². The van der Waals surface area contributed by atoms with Crippen LogP contribution in [0.25, 0.3) is 0 Å². The van der Waals surface area contributed by atoms with Crippen molar-refractivity contribution in [3.05, 3.63) is 0 Å². The molecule has 0 aromatic rings. The van der Waals surface area contributed by atoms with E-state index in [-0.39, 0.29) is 12.7 Å². The maximum absolute atomic E-state index is 10.1. The molecule has 2 aliphatic rings. The van der Waals surface area contributed by atoms with Gasteiger partial charge < -0.3 is 15.5 Å². The number of aliphatic hydroxyl groups excluding tert-OH is 2. The number of nitrogens with one attached hydrogen (secondary N) is 1. The third kappa shape index (κ3) is 4.71. The van der Waals surface area contributed by atoms with Gasteiger partial charge in [0.1, 0.15) is 0 Å². The normalized spacial score (nSPS) is 30.8. The molecular weight excluding hydrogens is 240 g/mol. The van der Waals surface area contributed by atoms with Gasteiger partial charge in [-0.1, -0.05) is 13.8 Å². The van der Waals surface area contributed by atoms with Crippen LogP contribution in [0.1, 0.15) is 39.5 Å². The summed E-state index contributed by atoms with van der Waals surface area (Å²) < 4.78 is 0. The van der Waals surface area contributed by atoms with Crippen LogP contribution in [0, 0.1) is 11.8 Å². The summed E-state index contributed by atoms with van der Waals surface area (Å²) in [5.41, 5.74) is 0. The smallest absolute Gasteiger partial charge is 0.0566 e. The molecule has 2 rings (SSSR count). The van der Waals surface area contributed by atoms with E-state index in [4.69, 9.17) is 5.11 Å². The van der Waals surface area contributed by atoms with Gasteiger partial charge >= 0.3 is 0 Å². The van der Waals surface area contributed by atoms with E-state index >= 15 is 0 Å². The molecule has 0 amide bonds. The third-order valence-corrected chi connectivity index (χ3v) is 4.52. The van der Waals surface area contributed by atoms with E-state index in [9.17, 15) is 5.11 Å². The third-order valence-electron chi connectivity index (χ3n) is 4.52. The molecule has 1 saturated heterocycles. The second-order valence-corrected chi connectivity index (χ2v) is 6.71. The van der Waals surface area contributed by atoms with E-state index in [1.807, 2.05) is 0 Å². The lowest BCUT2D eigenvalue weighted by molar-refractivity contribution is 0.0585. The van der Waals surface area contributed by atoms with Crippen LogP contribution in [0.3, 0.4) is 0 Å². The standard InChI is InChI=1S/C15H30N2O2/c1-11(2)15(19)8-12-7-13(16-5-6-18)10-17(9-12)14-3-4-14/h11-16,18-19H,3-10H2,1-2H3. The van der Waals surface area contributed by atoms with Crippen molar-refractivity contribution in [3.63, 3.8) is 0 Å². The van der Waals surface area contributed by atoms with E-state index in [0.717, 1.165) is 32.0 Å². The minimum Gasteiger partial charge on any atom is -0.395 e. The van der Waals surface area contributed by atoms with E-state index in [1.54, 1.807) is 0 Å². The van der Waals surface area contributed by atoms with E-state index < -0.39 is 0 Å². The largest absolute Gasteiger partial charge is 0.395 e. The second-order valence-electron chi connectivity index (χ2n) is 6.71. The van der Waals surface area contributed by atoms with E-state index in [2.05, 4.69) is 24.1 Å². The quantitative estimate of drug-likeness (QED) is 0.641. The number of rotatable bonds is 7. The summed E-state index contributed by atoms with van der Waals surface area (Å²) >= 11 is 0. The molecule has 3 N–H and O–H groups in total. The lowest BCUT2D eigenvalue weighted by Gasteiger charge is -2.39. The molecule has 0 spiro atoms. The van der Waals surface area contributed by atoms with E-state index in [1.165, 1.54) is 12.8 Å². The molecule has 1 saturated carbocycles. The highest BCUT2D eigenvalue weighted by Gasteiger charge is 2.36. The van der Waals surface area contributed by atoms with Gasteiger partial charge in [0.2, 0.25) is 0 Å². The van der Waals surface area contributed by atoms with Gasteiger partial charge in [-0.15, -0.1) is 0 Å². The summed E-state index contributed by atoms with van der Waals surface area (Å²) in [6.07, 6.45) is 4.55.